The summed E-state index contributed by atoms with van der Waals surface area (Å²) in [5, 5.41) is -0.217. The zero-order chi connectivity index (χ0) is 8.20. The van der Waals surface area contributed by atoms with E-state index in [0.29, 0.717) is 0 Å². The largest absolute Gasteiger partial charge is 0.461 e. The van der Waals surface area contributed by atoms with E-state index >= 15 is 0 Å². The molecule has 58 valence electrons. The Bertz CT molecular complexity index is 141. The minimum absolute atomic E-state index is 0.217. The molecule has 0 heterocycles. The summed E-state index contributed by atoms with van der Waals surface area (Å²) in [5.74, 6) is -0.320. The molecule has 10 heavy (non-hydrogen) atoms. The third kappa shape index (κ3) is 3.45. The van der Waals surface area contributed by atoms with Crippen LogP contribution in [0.2, 0.25) is 0 Å². The van der Waals surface area contributed by atoms with Crippen LogP contribution in [0.25, 0.3) is 0 Å². The second-order valence-corrected chi connectivity index (χ2v) is 4.85. The van der Waals surface area contributed by atoms with Gasteiger partial charge in [-0.05, 0) is 13.3 Å². The molecule has 0 aromatic heterocycles. The Labute approximate surface area is 64.7 Å². The minimum Gasteiger partial charge on any atom is -0.461 e. The highest BCUT2D eigenvalue weighted by atomic mass is 28.1. The summed E-state index contributed by atoms with van der Waals surface area (Å²) < 4.78 is 5.04. The molecule has 0 aliphatic carbocycles. The zero-order valence-electron chi connectivity index (χ0n) is 6.81. The lowest BCUT2D eigenvalue weighted by atomic mass is 10.3. The van der Waals surface area contributed by atoms with Crippen molar-refractivity contribution in [2.45, 2.75) is 25.5 Å². The van der Waals surface area contributed by atoms with E-state index in [4.69, 9.17) is 4.74 Å². The molecule has 3 heteroatoms. The molecule has 0 aliphatic rings. The topological polar surface area (TPSA) is 26.3 Å². The Morgan fingerprint density at radius 3 is 2.70 bits per heavy atom. The van der Waals surface area contributed by atoms with Crippen molar-refractivity contribution >= 4 is 16.2 Å². The first-order chi connectivity index (χ1) is 4.52. The Morgan fingerprint density at radius 1 is 1.90 bits per heavy atom. The molecule has 0 saturated heterocycles. The van der Waals surface area contributed by atoms with Crippen LogP contribution in [0.15, 0.2) is 12.7 Å². The summed E-state index contributed by atoms with van der Waals surface area (Å²) in [6.45, 7) is 7.25. The highest BCUT2D eigenvalue weighted by Crippen LogP contribution is 2.09. The zero-order valence-corrected chi connectivity index (χ0v) is 8.81. The molecule has 1 unspecified atom stereocenters. The van der Waals surface area contributed by atoms with Crippen molar-refractivity contribution in [1.82, 2.24) is 0 Å². The predicted octanol–water partition coefficient (Wildman–Crippen LogP) is 0.207. The SMILES string of the molecule is C=CC(=O)OC(C)([SiH3])CC. The fourth-order valence-corrected chi connectivity index (χ4v) is 0.587. The minimum atomic E-state index is -0.320. The molecule has 2 nitrogen and oxygen atoms in total. The highest BCUT2D eigenvalue weighted by Gasteiger charge is 2.17. The second-order valence-electron chi connectivity index (χ2n) is 2.74. The number of rotatable bonds is 3. The standard InChI is InChI=1S/C7H14O2Si/c1-4-6(8)9-7(3,10)5-2/h4H,1,5H2,2-3,10H3. The summed E-state index contributed by atoms with van der Waals surface area (Å²) >= 11 is 0. The molecule has 0 bridgehead atoms. The van der Waals surface area contributed by atoms with Crippen molar-refractivity contribution in [3.05, 3.63) is 12.7 Å². The van der Waals surface area contributed by atoms with E-state index < -0.39 is 0 Å². The summed E-state index contributed by atoms with van der Waals surface area (Å²) in [6, 6.07) is 0. The van der Waals surface area contributed by atoms with Gasteiger partial charge in [-0.2, -0.15) is 0 Å². The van der Waals surface area contributed by atoms with Gasteiger partial charge in [0.05, 0.1) is 15.5 Å². The van der Waals surface area contributed by atoms with Gasteiger partial charge in [0.1, 0.15) is 0 Å². The lowest BCUT2D eigenvalue weighted by molar-refractivity contribution is -0.145. The maximum Gasteiger partial charge on any atom is 0.330 e. The maximum atomic E-state index is 10.7. The van der Waals surface area contributed by atoms with Crippen LogP contribution in [0.5, 0.6) is 0 Å². The van der Waals surface area contributed by atoms with Crippen LogP contribution >= 0.6 is 0 Å². The average Bonchev–Trinajstić information content (AvgIpc) is 1.87. The first-order valence-corrected chi connectivity index (χ1v) is 4.37. The molecular weight excluding hydrogens is 144 g/mol. The van der Waals surface area contributed by atoms with Gasteiger partial charge in [0.25, 0.3) is 0 Å². The van der Waals surface area contributed by atoms with Crippen molar-refractivity contribution in [3.63, 3.8) is 0 Å². The number of carbonyl (C=O) groups excluding carboxylic acids is 1. The van der Waals surface area contributed by atoms with E-state index in [0.717, 1.165) is 16.7 Å². The second kappa shape index (κ2) is 3.56. The molecule has 0 radical (unpaired) electrons. The van der Waals surface area contributed by atoms with E-state index in [9.17, 15) is 4.79 Å². The lowest BCUT2D eigenvalue weighted by Gasteiger charge is -2.22. The maximum absolute atomic E-state index is 10.7. The molecule has 0 fully saturated rings. The Balaban J connectivity index is 3.87. The van der Waals surface area contributed by atoms with Gasteiger partial charge in [-0.25, -0.2) is 4.79 Å². The van der Waals surface area contributed by atoms with Crippen LogP contribution in [-0.4, -0.2) is 21.4 Å². The summed E-state index contributed by atoms with van der Waals surface area (Å²) in [4.78, 5) is 10.7. The van der Waals surface area contributed by atoms with Crippen LogP contribution in [-0.2, 0) is 9.53 Å². The fraction of sp³-hybridized carbons (Fsp3) is 0.571. The van der Waals surface area contributed by atoms with Gasteiger partial charge in [-0.15, -0.1) is 0 Å². The number of ether oxygens (including phenoxy) is 1. The molecule has 0 N–H and O–H groups in total. The van der Waals surface area contributed by atoms with Gasteiger partial charge in [0, 0.05) is 6.08 Å². The monoisotopic (exact) mass is 158 g/mol. The van der Waals surface area contributed by atoms with E-state index in [1.165, 1.54) is 6.08 Å². The van der Waals surface area contributed by atoms with Gasteiger partial charge >= 0.3 is 5.97 Å². The Kier molecular flexibility index (Phi) is 3.36. The van der Waals surface area contributed by atoms with E-state index in [2.05, 4.69) is 6.58 Å². The van der Waals surface area contributed by atoms with Crippen LogP contribution in [0.4, 0.5) is 0 Å². The van der Waals surface area contributed by atoms with Crippen LogP contribution in [0, 0.1) is 0 Å². The van der Waals surface area contributed by atoms with Crippen molar-refractivity contribution < 1.29 is 9.53 Å². The number of hydrogen-bond acceptors (Lipinski definition) is 2. The van der Waals surface area contributed by atoms with Gasteiger partial charge in [-0.3, -0.25) is 0 Å². The third-order valence-corrected chi connectivity index (χ3v) is 2.31. The first-order valence-electron chi connectivity index (χ1n) is 3.37. The van der Waals surface area contributed by atoms with E-state index in [1.807, 2.05) is 13.8 Å². The molecule has 0 aromatic carbocycles. The third-order valence-electron chi connectivity index (χ3n) is 1.39. The number of esters is 1. The molecule has 1 atom stereocenters. The fourth-order valence-electron chi connectivity index (χ4n) is 0.386. The summed E-state index contributed by atoms with van der Waals surface area (Å²) in [5.41, 5.74) is 0. The van der Waals surface area contributed by atoms with Gasteiger partial charge < -0.3 is 4.74 Å². The van der Waals surface area contributed by atoms with Gasteiger partial charge in [0.15, 0.2) is 0 Å². The van der Waals surface area contributed by atoms with Crippen molar-refractivity contribution in [3.8, 4) is 0 Å². The van der Waals surface area contributed by atoms with Crippen molar-refractivity contribution in [2.75, 3.05) is 0 Å². The molecule has 0 aliphatic heterocycles. The van der Waals surface area contributed by atoms with E-state index in [-0.39, 0.29) is 11.2 Å². The normalized spacial score (nSPS) is 15.8. The molecule has 0 rings (SSSR count). The van der Waals surface area contributed by atoms with Gasteiger partial charge in [0.2, 0.25) is 0 Å². The highest BCUT2D eigenvalue weighted by molar-refractivity contribution is 6.15. The van der Waals surface area contributed by atoms with Gasteiger partial charge in [-0.1, -0.05) is 13.5 Å². The molecule has 0 spiro atoms. The van der Waals surface area contributed by atoms with Crippen LogP contribution in [0.3, 0.4) is 0 Å². The summed E-state index contributed by atoms with van der Waals surface area (Å²) in [7, 11) is 0.860. The number of hydrogen-bond donors (Lipinski definition) is 0. The molecule has 0 aromatic rings. The molecular formula is C7H14O2Si. The summed E-state index contributed by atoms with van der Waals surface area (Å²) in [6.07, 6.45) is 2.07. The Hall–Kier alpha value is -0.573. The Morgan fingerprint density at radius 2 is 2.40 bits per heavy atom. The number of carbonyl (C=O) groups is 1. The first kappa shape index (κ1) is 9.43. The quantitative estimate of drug-likeness (QED) is 0.333. The smallest absolute Gasteiger partial charge is 0.330 e. The van der Waals surface area contributed by atoms with Crippen molar-refractivity contribution in [2.24, 2.45) is 0 Å². The van der Waals surface area contributed by atoms with Crippen molar-refractivity contribution in [1.29, 1.82) is 0 Å². The van der Waals surface area contributed by atoms with Crippen LogP contribution < -0.4 is 0 Å². The van der Waals surface area contributed by atoms with Crippen LogP contribution in [0.1, 0.15) is 20.3 Å². The predicted molar refractivity (Wildman–Crippen MR) is 44.9 cm³/mol. The average molecular weight is 158 g/mol. The molecule has 0 amide bonds. The van der Waals surface area contributed by atoms with E-state index in [1.54, 1.807) is 0 Å². The lowest BCUT2D eigenvalue weighted by Crippen LogP contribution is -2.30. The molecule has 0 saturated carbocycles.